The molecule has 2 aromatic carbocycles. The second-order valence-electron chi connectivity index (χ2n) is 7.53. The van der Waals surface area contributed by atoms with Crippen molar-refractivity contribution < 1.29 is 23.4 Å². The molecule has 2 atom stereocenters. The fourth-order valence-corrected chi connectivity index (χ4v) is 3.03. The minimum Gasteiger partial charge on any atom is -0.446 e. The number of ether oxygens (including phenoxy) is 1. The molecule has 1 fully saturated rings. The third-order valence-electron chi connectivity index (χ3n) is 4.47. The van der Waals surface area contributed by atoms with Crippen LogP contribution in [0.5, 0.6) is 0 Å². The Morgan fingerprint density at radius 3 is 2.14 bits per heavy atom. The van der Waals surface area contributed by atoms with Gasteiger partial charge in [0.2, 0.25) is 0 Å². The summed E-state index contributed by atoms with van der Waals surface area (Å²) in [6.45, 7) is 5.87. The van der Waals surface area contributed by atoms with Crippen LogP contribution in [-0.4, -0.2) is 34.3 Å². The van der Waals surface area contributed by atoms with Crippen molar-refractivity contribution in [1.82, 2.24) is 4.90 Å². The van der Waals surface area contributed by atoms with Crippen molar-refractivity contribution in [2.24, 2.45) is 0 Å². The number of amides is 1. The smallest absolute Gasteiger partial charge is 0.410 e. The van der Waals surface area contributed by atoms with Crippen LogP contribution in [0, 0.1) is 11.6 Å². The molecular formula is C22H27F2NO3. The SMILES string of the molecule is CC(c1ccc(F)cc1)N1CCC(CC(C)(C)O)OC1=O.Fc1ccccc1. The first-order valence-electron chi connectivity index (χ1n) is 9.31. The summed E-state index contributed by atoms with van der Waals surface area (Å²) in [6, 6.07) is 13.9. The van der Waals surface area contributed by atoms with Gasteiger partial charge in [0.1, 0.15) is 17.7 Å². The van der Waals surface area contributed by atoms with Gasteiger partial charge < -0.3 is 14.7 Å². The van der Waals surface area contributed by atoms with Gasteiger partial charge in [-0.3, -0.25) is 0 Å². The maximum Gasteiger partial charge on any atom is 0.410 e. The minimum atomic E-state index is -0.851. The quantitative estimate of drug-likeness (QED) is 0.790. The largest absolute Gasteiger partial charge is 0.446 e. The van der Waals surface area contributed by atoms with Crippen LogP contribution in [0.3, 0.4) is 0 Å². The number of rotatable bonds is 4. The molecule has 2 unspecified atom stereocenters. The van der Waals surface area contributed by atoms with Crippen LogP contribution in [0.25, 0.3) is 0 Å². The predicted octanol–water partition coefficient (Wildman–Crippen LogP) is 5.08. The number of cyclic esters (lactones) is 1. The van der Waals surface area contributed by atoms with Crippen molar-refractivity contribution >= 4 is 6.09 Å². The van der Waals surface area contributed by atoms with E-state index in [0.717, 1.165) is 5.56 Å². The van der Waals surface area contributed by atoms with E-state index in [-0.39, 0.29) is 29.9 Å². The van der Waals surface area contributed by atoms with Gasteiger partial charge in [-0.15, -0.1) is 0 Å². The van der Waals surface area contributed by atoms with E-state index in [2.05, 4.69) is 0 Å². The first-order valence-corrected chi connectivity index (χ1v) is 9.31. The van der Waals surface area contributed by atoms with Crippen LogP contribution in [0.4, 0.5) is 13.6 Å². The summed E-state index contributed by atoms with van der Waals surface area (Å²) in [5.74, 6) is -0.472. The van der Waals surface area contributed by atoms with Crippen molar-refractivity contribution in [3.05, 3.63) is 71.8 Å². The summed E-state index contributed by atoms with van der Waals surface area (Å²) in [5, 5.41) is 9.79. The highest BCUT2D eigenvalue weighted by Gasteiger charge is 2.33. The molecule has 28 heavy (non-hydrogen) atoms. The van der Waals surface area contributed by atoms with Crippen molar-refractivity contribution in [1.29, 1.82) is 0 Å². The number of carbonyl (C=O) groups excluding carboxylic acids is 1. The highest BCUT2D eigenvalue weighted by molar-refractivity contribution is 5.69. The molecule has 1 aliphatic rings. The number of benzene rings is 2. The lowest BCUT2D eigenvalue weighted by Gasteiger charge is -2.37. The molecule has 6 heteroatoms. The van der Waals surface area contributed by atoms with E-state index >= 15 is 0 Å². The fourth-order valence-electron chi connectivity index (χ4n) is 3.03. The zero-order chi connectivity index (χ0) is 20.7. The molecule has 0 spiro atoms. The van der Waals surface area contributed by atoms with Gasteiger partial charge >= 0.3 is 6.09 Å². The van der Waals surface area contributed by atoms with Crippen LogP contribution >= 0.6 is 0 Å². The van der Waals surface area contributed by atoms with Crippen LogP contribution in [0.15, 0.2) is 54.6 Å². The molecule has 1 amide bonds. The van der Waals surface area contributed by atoms with Gasteiger partial charge in [-0.2, -0.15) is 0 Å². The van der Waals surface area contributed by atoms with E-state index in [1.807, 2.05) is 6.92 Å². The second kappa shape index (κ2) is 9.64. The molecule has 1 aliphatic heterocycles. The topological polar surface area (TPSA) is 49.8 Å². The Morgan fingerprint density at radius 1 is 1.11 bits per heavy atom. The van der Waals surface area contributed by atoms with E-state index in [1.165, 1.54) is 24.3 Å². The van der Waals surface area contributed by atoms with E-state index in [1.54, 1.807) is 49.1 Å². The van der Waals surface area contributed by atoms with E-state index < -0.39 is 5.60 Å². The minimum absolute atomic E-state index is 0.166. The average molecular weight is 391 g/mol. The predicted molar refractivity (Wildman–Crippen MR) is 104 cm³/mol. The number of nitrogens with zero attached hydrogens (tertiary/aromatic N) is 1. The fraction of sp³-hybridized carbons (Fsp3) is 0.409. The average Bonchev–Trinajstić information content (AvgIpc) is 2.62. The number of hydrogen-bond acceptors (Lipinski definition) is 3. The van der Waals surface area contributed by atoms with Crippen molar-refractivity contribution in [2.75, 3.05) is 6.54 Å². The first-order chi connectivity index (χ1) is 13.2. The Hall–Kier alpha value is -2.47. The Balaban J connectivity index is 0.000000336. The van der Waals surface area contributed by atoms with Gasteiger partial charge in [0.25, 0.3) is 0 Å². The number of carbonyl (C=O) groups is 1. The van der Waals surface area contributed by atoms with Crippen LogP contribution in [0.2, 0.25) is 0 Å². The molecule has 0 aliphatic carbocycles. The molecule has 1 heterocycles. The van der Waals surface area contributed by atoms with Gasteiger partial charge in [-0.1, -0.05) is 30.3 Å². The van der Waals surface area contributed by atoms with Crippen molar-refractivity contribution in [2.45, 2.75) is 51.4 Å². The highest BCUT2D eigenvalue weighted by Crippen LogP contribution is 2.27. The second-order valence-corrected chi connectivity index (χ2v) is 7.53. The summed E-state index contributed by atoms with van der Waals surface area (Å²) >= 11 is 0. The molecule has 4 nitrogen and oxygen atoms in total. The molecule has 1 N–H and O–H groups in total. The lowest BCUT2D eigenvalue weighted by atomic mass is 9.97. The molecule has 0 saturated carbocycles. The first kappa shape index (κ1) is 21.8. The maximum atomic E-state index is 12.9. The lowest BCUT2D eigenvalue weighted by molar-refractivity contribution is -0.0309. The monoisotopic (exact) mass is 391 g/mol. The summed E-state index contributed by atoms with van der Waals surface area (Å²) < 4.78 is 30.2. The summed E-state index contributed by atoms with van der Waals surface area (Å²) in [5.41, 5.74) is 0.0182. The standard InChI is InChI=1S/C16H22FNO3.C6H5F/c1-11(12-4-6-13(17)7-5-12)18-9-8-14(21-15(18)19)10-16(2,3)20;7-6-4-2-1-3-5-6/h4-7,11,14,20H,8-10H2,1-3H3;1-5H. The van der Waals surface area contributed by atoms with E-state index in [4.69, 9.17) is 4.74 Å². The Bertz CT molecular complexity index is 745. The molecule has 0 bridgehead atoms. The molecule has 1 saturated heterocycles. The number of hydrogen-bond donors (Lipinski definition) is 1. The molecule has 0 radical (unpaired) electrons. The maximum absolute atomic E-state index is 12.9. The number of aliphatic hydroxyl groups is 1. The third-order valence-corrected chi connectivity index (χ3v) is 4.47. The third kappa shape index (κ3) is 6.93. The molecule has 3 rings (SSSR count). The molecular weight excluding hydrogens is 364 g/mol. The van der Waals surface area contributed by atoms with E-state index in [0.29, 0.717) is 19.4 Å². The molecule has 152 valence electrons. The highest BCUT2D eigenvalue weighted by atomic mass is 19.1. The van der Waals surface area contributed by atoms with Gasteiger partial charge in [-0.05, 0) is 50.6 Å². The van der Waals surface area contributed by atoms with Gasteiger partial charge in [0, 0.05) is 19.4 Å². The Labute approximate surface area is 164 Å². The summed E-state index contributed by atoms with van der Waals surface area (Å²) in [4.78, 5) is 13.8. The number of halogens is 2. The zero-order valence-corrected chi connectivity index (χ0v) is 16.4. The molecule has 0 aromatic heterocycles. The Kier molecular flexibility index (Phi) is 7.52. The van der Waals surface area contributed by atoms with E-state index in [9.17, 15) is 18.7 Å². The lowest BCUT2D eigenvalue weighted by Crippen LogP contribution is -2.45. The van der Waals surface area contributed by atoms with Crippen molar-refractivity contribution in [3.63, 3.8) is 0 Å². The molecule has 2 aromatic rings. The Morgan fingerprint density at radius 2 is 1.68 bits per heavy atom. The van der Waals surface area contributed by atoms with Gasteiger partial charge in [0.05, 0.1) is 11.6 Å². The normalized spacial score (nSPS) is 18.0. The van der Waals surface area contributed by atoms with Gasteiger partial charge in [0.15, 0.2) is 0 Å². The van der Waals surface area contributed by atoms with Crippen LogP contribution < -0.4 is 0 Å². The zero-order valence-electron chi connectivity index (χ0n) is 16.4. The van der Waals surface area contributed by atoms with Gasteiger partial charge in [-0.25, -0.2) is 13.6 Å². The van der Waals surface area contributed by atoms with Crippen molar-refractivity contribution in [3.8, 4) is 0 Å². The summed E-state index contributed by atoms with van der Waals surface area (Å²) in [7, 11) is 0. The van der Waals surface area contributed by atoms with Crippen LogP contribution in [0.1, 0.15) is 45.2 Å². The summed E-state index contributed by atoms with van der Waals surface area (Å²) in [6.07, 6.45) is 0.472. The van der Waals surface area contributed by atoms with Crippen LogP contribution in [-0.2, 0) is 4.74 Å².